The number of hydrogen-bond donors (Lipinski definition) is 0. The van der Waals surface area contributed by atoms with Gasteiger partial charge in [0.25, 0.3) is 0 Å². The van der Waals surface area contributed by atoms with E-state index in [9.17, 15) is 0 Å². The van der Waals surface area contributed by atoms with Gasteiger partial charge in [0.1, 0.15) is 0 Å². The van der Waals surface area contributed by atoms with E-state index in [-0.39, 0.29) is 17.4 Å². The van der Waals surface area contributed by atoms with Crippen LogP contribution in [0.3, 0.4) is 0 Å². The van der Waals surface area contributed by atoms with Gasteiger partial charge in [-0.25, -0.2) is 0 Å². The van der Waals surface area contributed by atoms with E-state index in [1.165, 1.54) is 5.82 Å². The van der Waals surface area contributed by atoms with Gasteiger partial charge in [0.05, 0.1) is 0 Å². The first kappa shape index (κ1) is 8.85. The molecule has 0 aliphatic carbocycles. The van der Waals surface area contributed by atoms with E-state index in [1.807, 2.05) is 0 Å². The summed E-state index contributed by atoms with van der Waals surface area (Å²) in [5, 5.41) is 0. The van der Waals surface area contributed by atoms with Crippen LogP contribution in [0.5, 0.6) is 0 Å². The standard InChI is InChI=1S/CH3.Al.Cu.O.3H/h1H3;;;;;;. The Morgan fingerprint density at radius 2 is 1.75 bits per heavy atom. The van der Waals surface area contributed by atoms with Gasteiger partial charge in [0, 0.05) is 0 Å². The van der Waals surface area contributed by atoms with E-state index in [1.54, 1.807) is 0 Å². The summed E-state index contributed by atoms with van der Waals surface area (Å²) in [5.41, 5.74) is 0. The third kappa shape index (κ3) is 13.5. The van der Waals surface area contributed by atoms with Crippen molar-refractivity contribution in [3.05, 3.63) is 0 Å². The summed E-state index contributed by atoms with van der Waals surface area (Å²) in [6.07, 6.45) is 0. The summed E-state index contributed by atoms with van der Waals surface area (Å²) >= 11 is 0.562. The van der Waals surface area contributed by atoms with Gasteiger partial charge in [-0.05, 0) is 0 Å². The Labute approximate surface area is 42.3 Å². The van der Waals surface area contributed by atoms with Gasteiger partial charge in [-0.1, -0.05) is 0 Å². The van der Waals surface area contributed by atoms with Gasteiger partial charge in [0.2, 0.25) is 0 Å². The van der Waals surface area contributed by atoms with Crippen molar-refractivity contribution in [3.8, 4) is 0 Å². The van der Waals surface area contributed by atoms with Crippen LogP contribution in [0.2, 0.25) is 5.82 Å². The Hall–Kier alpha value is 0.852. The summed E-state index contributed by atoms with van der Waals surface area (Å²) in [5.74, 6) is 1.48. The molecule has 0 spiro atoms. The van der Waals surface area contributed by atoms with Crippen LogP contribution in [0.4, 0.5) is 0 Å². The minimum absolute atomic E-state index is 0. The summed E-state index contributed by atoms with van der Waals surface area (Å²) in [4.78, 5) is 0. The molecule has 0 bridgehead atoms. The maximum atomic E-state index is 8.84. The minimum atomic E-state index is 0. The Kier molecular flexibility index (Phi) is 20.2. The van der Waals surface area contributed by atoms with Crippen LogP contribution in [0.25, 0.3) is 0 Å². The monoisotopic (exact) mass is 124 g/mol. The molecule has 3 heteroatoms. The van der Waals surface area contributed by atoms with Crippen LogP contribution in [0.1, 0.15) is 0 Å². The van der Waals surface area contributed by atoms with Crippen molar-refractivity contribution >= 4 is 17.4 Å². The molecule has 0 saturated heterocycles. The van der Waals surface area contributed by atoms with Crippen LogP contribution < -0.4 is 0 Å². The zero-order valence-corrected chi connectivity index (χ0v) is 2.65. The molecular weight excluding hydrogens is 119 g/mol. The molecule has 1 nitrogen and oxygen atoms in total. The van der Waals surface area contributed by atoms with Crippen molar-refractivity contribution in [1.29, 1.82) is 0 Å². The predicted molar refractivity (Wildman–Crippen MR) is 16.5 cm³/mol. The summed E-state index contributed by atoms with van der Waals surface area (Å²) < 4.78 is 8.84. The van der Waals surface area contributed by atoms with Crippen molar-refractivity contribution < 1.29 is 18.7 Å². The summed E-state index contributed by atoms with van der Waals surface area (Å²) in [6.45, 7) is 0. The molecule has 0 aromatic carbocycles. The fourth-order valence-corrected chi connectivity index (χ4v) is 0. The van der Waals surface area contributed by atoms with Crippen molar-refractivity contribution in [2.45, 2.75) is 5.82 Å². The molecule has 0 aliphatic rings. The van der Waals surface area contributed by atoms with Crippen LogP contribution >= 0.6 is 0 Å². The molecule has 0 saturated carbocycles. The van der Waals surface area contributed by atoms with Crippen LogP contribution in [-0.4, -0.2) is 17.4 Å². The zero-order chi connectivity index (χ0) is 2.71. The van der Waals surface area contributed by atoms with E-state index in [4.69, 9.17) is 3.83 Å². The van der Waals surface area contributed by atoms with Gasteiger partial charge in [-0.2, -0.15) is 0 Å². The molecule has 0 aromatic rings. The van der Waals surface area contributed by atoms with E-state index in [0.717, 1.165) is 0 Å². The molecule has 0 fully saturated rings. The van der Waals surface area contributed by atoms with E-state index in [0.29, 0.717) is 14.9 Å². The first-order valence-corrected chi connectivity index (χ1v) is 1.75. The van der Waals surface area contributed by atoms with E-state index in [2.05, 4.69) is 0 Å². The fourth-order valence-electron chi connectivity index (χ4n) is 0. The molecule has 0 aromatic heterocycles. The average Bonchev–Trinajstić information content (AvgIpc) is 0.918. The summed E-state index contributed by atoms with van der Waals surface area (Å²) in [7, 11) is 0. The second kappa shape index (κ2) is 9.13. The van der Waals surface area contributed by atoms with Crippen molar-refractivity contribution in [2.75, 3.05) is 0 Å². The van der Waals surface area contributed by atoms with Crippen LogP contribution in [0.15, 0.2) is 0 Å². The molecule has 0 radical (unpaired) electrons. The zero-order valence-electron chi connectivity index (χ0n) is 1.71. The maximum absolute atomic E-state index is 8.84. The van der Waals surface area contributed by atoms with Crippen LogP contribution in [-0.2, 0) is 18.7 Å². The Morgan fingerprint density at radius 3 is 1.75 bits per heavy atom. The second-order valence-electron chi connectivity index (χ2n) is 0.123. The number of hydrogen-bond acceptors (Lipinski definition) is 1. The molecule has 0 amide bonds. The summed E-state index contributed by atoms with van der Waals surface area (Å²) in [6, 6.07) is 0. The molecule has 0 unspecified atom stereocenters. The quantitative estimate of drug-likeness (QED) is 0.390. The fraction of sp³-hybridized carbons (Fsp3) is 1.00. The first-order chi connectivity index (χ1) is 1.41. The normalized spacial score (nSPS) is 5.25. The number of rotatable bonds is 0. The molecule has 0 atom stereocenters. The van der Waals surface area contributed by atoms with E-state index < -0.39 is 0 Å². The van der Waals surface area contributed by atoms with Gasteiger partial charge in [-0.3, -0.25) is 0 Å². The third-order valence-electron chi connectivity index (χ3n) is 0. The molecule has 30 valence electrons. The van der Waals surface area contributed by atoms with Crippen molar-refractivity contribution in [2.24, 2.45) is 0 Å². The Morgan fingerprint density at radius 1 is 1.75 bits per heavy atom. The van der Waals surface area contributed by atoms with Crippen LogP contribution in [0, 0.1) is 0 Å². The van der Waals surface area contributed by atoms with Gasteiger partial charge in [0.15, 0.2) is 17.4 Å². The topological polar surface area (TPSA) is 17.1 Å². The predicted octanol–water partition coefficient (Wildman–Crippen LogP) is -0.721. The molecule has 0 rings (SSSR count). The van der Waals surface area contributed by atoms with Gasteiger partial charge < -0.3 is 0 Å². The van der Waals surface area contributed by atoms with Gasteiger partial charge >= 0.3 is 24.5 Å². The Balaban J connectivity index is 0. The molecule has 0 aliphatic heterocycles. The van der Waals surface area contributed by atoms with E-state index >= 15 is 0 Å². The molecule has 0 heterocycles. The first-order valence-electron chi connectivity index (χ1n) is 0.425. The average molecular weight is 125 g/mol. The molecular formula is CH6AlCuO. The third-order valence-corrected chi connectivity index (χ3v) is 0. The van der Waals surface area contributed by atoms with Crippen molar-refractivity contribution in [3.63, 3.8) is 0 Å². The second-order valence-corrected chi connectivity index (χ2v) is 0.508. The molecule has 0 N–H and O–H groups in total. The van der Waals surface area contributed by atoms with Crippen molar-refractivity contribution in [1.82, 2.24) is 0 Å². The van der Waals surface area contributed by atoms with Gasteiger partial charge in [-0.15, -0.1) is 0 Å². The Bertz CT molecular complexity index is 15.5. The molecule has 4 heavy (non-hydrogen) atoms. The SMILES string of the molecule is [AlH3].[CH3][Cu]=[O].